The third kappa shape index (κ3) is 3.06. The molecule has 88 valence electrons. The molecular formula is C15H18N2. The van der Waals surface area contributed by atoms with Gasteiger partial charge in [-0.15, -0.1) is 0 Å². The fraction of sp³-hybridized carbons (Fsp3) is 0.267. The molecule has 0 aliphatic rings. The number of hydrogen-bond donors (Lipinski definition) is 1. The average Bonchev–Trinajstić information content (AvgIpc) is 2.28. The molecule has 1 aromatic heterocycles. The minimum Gasteiger partial charge on any atom is -0.380 e. The Labute approximate surface area is 103 Å². The van der Waals surface area contributed by atoms with Crippen molar-refractivity contribution in [1.82, 2.24) is 4.98 Å². The first-order chi connectivity index (χ1) is 8.15. The molecule has 2 rings (SSSR count). The molecule has 0 unspecified atom stereocenters. The van der Waals surface area contributed by atoms with Gasteiger partial charge in [-0.2, -0.15) is 0 Å². The van der Waals surface area contributed by atoms with Gasteiger partial charge in [-0.25, -0.2) is 0 Å². The lowest BCUT2D eigenvalue weighted by Crippen LogP contribution is -2.02. The first kappa shape index (κ1) is 11.6. The Morgan fingerprint density at radius 2 is 1.88 bits per heavy atom. The van der Waals surface area contributed by atoms with Gasteiger partial charge in [0.1, 0.15) is 0 Å². The summed E-state index contributed by atoms with van der Waals surface area (Å²) in [4.78, 5) is 4.44. The highest BCUT2D eigenvalue weighted by Gasteiger charge is 1.99. The van der Waals surface area contributed by atoms with E-state index < -0.39 is 0 Å². The van der Waals surface area contributed by atoms with Crippen molar-refractivity contribution in [2.45, 2.75) is 27.3 Å². The molecule has 0 aliphatic carbocycles. The standard InChI is InChI=1S/C15H18N2/c1-11-5-4-6-14(9-11)10-16-15-8-7-12(2)17-13(15)3/h4-9,16H,10H2,1-3H3. The summed E-state index contributed by atoms with van der Waals surface area (Å²) in [5.74, 6) is 0. The van der Waals surface area contributed by atoms with E-state index in [0.717, 1.165) is 23.6 Å². The molecule has 0 fully saturated rings. The van der Waals surface area contributed by atoms with E-state index in [-0.39, 0.29) is 0 Å². The van der Waals surface area contributed by atoms with Gasteiger partial charge in [0, 0.05) is 12.2 Å². The third-order valence-corrected chi connectivity index (χ3v) is 2.79. The molecule has 2 nitrogen and oxygen atoms in total. The second-order valence-electron chi connectivity index (χ2n) is 4.43. The molecule has 1 N–H and O–H groups in total. The maximum absolute atomic E-state index is 4.44. The van der Waals surface area contributed by atoms with Crippen molar-refractivity contribution in [1.29, 1.82) is 0 Å². The summed E-state index contributed by atoms with van der Waals surface area (Å²) in [6, 6.07) is 12.7. The number of hydrogen-bond acceptors (Lipinski definition) is 2. The Morgan fingerprint density at radius 1 is 1.06 bits per heavy atom. The molecule has 0 saturated heterocycles. The Balaban J connectivity index is 2.07. The number of nitrogens with zero attached hydrogens (tertiary/aromatic N) is 1. The van der Waals surface area contributed by atoms with Crippen LogP contribution in [0.15, 0.2) is 36.4 Å². The molecule has 2 heteroatoms. The highest BCUT2D eigenvalue weighted by Crippen LogP contribution is 2.14. The van der Waals surface area contributed by atoms with E-state index in [1.54, 1.807) is 0 Å². The molecule has 0 spiro atoms. The van der Waals surface area contributed by atoms with Crippen molar-refractivity contribution >= 4 is 5.69 Å². The molecule has 0 amide bonds. The highest BCUT2D eigenvalue weighted by molar-refractivity contribution is 5.48. The molecule has 2 aromatic rings. The molecule has 1 heterocycles. The summed E-state index contributed by atoms with van der Waals surface area (Å²) >= 11 is 0. The fourth-order valence-electron chi connectivity index (χ4n) is 1.89. The minimum absolute atomic E-state index is 0.841. The Morgan fingerprint density at radius 3 is 2.59 bits per heavy atom. The number of aromatic nitrogens is 1. The Hall–Kier alpha value is -1.83. The monoisotopic (exact) mass is 226 g/mol. The summed E-state index contributed by atoms with van der Waals surface area (Å²) in [5, 5.41) is 3.42. The van der Waals surface area contributed by atoms with Gasteiger partial charge < -0.3 is 5.32 Å². The summed E-state index contributed by atoms with van der Waals surface area (Å²) in [5.41, 5.74) is 5.81. The maximum atomic E-state index is 4.44. The summed E-state index contributed by atoms with van der Waals surface area (Å²) < 4.78 is 0. The van der Waals surface area contributed by atoms with Crippen molar-refractivity contribution in [3.63, 3.8) is 0 Å². The molecule has 0 bridgehead atoms. The zero-order valence-electron chi connectivity index (χ0n) is 10.6. The van der Waals surface area contributed by atoms with E-state index in [1.165, 1.54) is 11.1 Å². The third-order valence-electron chi connectivity index (χ3n) is 2.79. The smallest absolute Gasteiger partial charge is 0.0606 e. The minimum atomic E-state index is 0.841. The first-order valence-corrected chi connectivity index (χ1v) is 5.89. The normalized spacial score (nSPS) is 10.3. The van der Waals surface area contributed by atoms with Crippen LogP contribution < -0.4 is 5.32 Å². The molecule has 1 aromatic carbocycles. The van der Waals surface area contributed by atoms with Crippen LogP contribution >= 0.6 is 0 Å². The van der Waals surface area contributed by atoms with Crippen LogP contribution in [-0.4, -0.2) is 4.98 Å². The Bertz CT molecular complexity index is 518. The topological polar surface area (TPSA) is 24.9 Å². The van der Waals surface area contributed by atoms with E-state index in [2.05, 4.69) is 47.6 Å². The lowest BCUT2D eigenvalue weighted by molar-refractivity contribution is 1.08. The van der Waals surface area contributed by atoms with Crippen molar-refractivity contribution in [2.75, 3.05) is 5.32 Å². The van der Waals surface area contributed by atoms with Crippen molar-refractivity contribution in [3.05, 3.63) is 58.9 Å². The van der Waals surface area contributed by atoms with E-state index >= 15 is 0 Å². The van der Waals surface area contributed by atoms with Gasteiger partial charge in [0.05, 0.1) is 11.4 Å². The fourth-order valence-corrected chi connectivity index (χ4v) is 1.89. The second kappa shape index (κ2) is 5.00. The lowest BCUT2D eigenvalue weighted by atomic mass is 10.1. The average molecular weight is 226 g/mol. The number of aryl methyl sites for hydroxylation is 3. The summed E-state index contributed by atoms with van der Waals surface area (Å²) in [6.45, 7) is 7.00. The molecule has 0 radical (unpaired) electrons. The number of pyridine rings is 1. The van der Waals surface area contributed by atoms with Gasteiger partial charge in [-0.3, -0.25) is 4.98 Å². The number of nitrogens with one attached hydrogen (secondary N) is 1. The van der Waals surface area contributed by atoms with Crippen LogP contribution in [0.4, 0.5) is 5.69 Å². The van der Waals surface area contributed by atoms with Crippen LogP contribution in [0.1, 0.15) is 22.5 Å². The molecule has 17 heavy (non-hydrogen) atoms. The Kier molecular flexibility index (Phi) is 3.43. The van der Waals surface area contributed by atoms with E-state index in [4.69, 9.17) is 0 Å². The van der Waals surface area contributed by atoms with Crippen LogP contribution in [-0.2, 0) is 6.54 Å². The second-order valence-corrected chi connectivity index (χ2v) is 4.43. The largest absolute Gasteiger partial charge is 0.380 e. The molecule has 0 saturated carbocycles. The number of anilines is 1. The van der Waals surface area contributed by atoms with Crippen molar-refractivity contribution < 1.29 is 0 Å². The molecular weight excluding hydrogens is 208 g/mol. The van der Waals surface area contributed by atoms with Crippen LogP contribution in [0.2, 0.25) is 0 Å². The zero-order valence-corrected chi connectivity index (χ0v) is 10.6. The van der Waals surface area contributed by atoms with Crippen molar-refractivity contribution in [2.24, 2.45) is 0 Å². The van der Waals surface area contributed by atoms with Gasteiger partial charge in [-0.1, -0.05) is 29.8 Å². The first-order valence-electron chi connectivity index (χ1n) is 5.89. The van der Waals surface area contributed by atoms with Crippen LogP contribution in [0.5, 0.6) is 0 Å². The van der Waals surface area contributed by atoms with Gasteiger partial charge in [-0.05, 0) is 38.5 Å². The van der Waals surface area contributed by atoms with E-state index in [1.807, 2.05) is 19.9 Å². The van der Waals surface area contributed by atoms with Gasteiger partial charge in [0.25, 0.3) is 0 Å². The van der Waals surface area contributed by atoms with Gasteiger partial charge >= 0.3 is 0 Å². The predicted molar refractivity (Wildman–Crippen MR) is 72.2 cm³/mol. The zero-order chi connectivity index (χ0) is 12.3. The number of rotatable bonds is 3. The van der Waals surface area contributed by atoms with Crippen LogP contribution in [0.3, 0.4) is 0 Å². The number of benzene rings is 1. The SMILES string of the molecule is Cc1cccc(CNc2ccc(C)nc2C)c1. The highest BCUT2D eigenvalue weighted by atomic mass is 14.9. The molecule has 0 atom stereocenters. The summed E-state index contributed by atoms with van der Waals surface area (Å²) in [6.07, 6.45) is 0. The van der Waals surface area contributed by atoms with Crippen molar-refractivity contribution in [3.8, 4) is 0 Å². The summed E-state index contributed by atoms with van der Waals surface area (Å²) in [7, 11) is 0. The predicted octanol–water partition coefficient (Wildman–Crippen LogP) is 3.62. The van der Waals surface area contributed by atoms with Gasteiger partial charge in [0.2, 0.25) is 0 Å². The quantitative estimate of drug-likeness (QED) is 0.864. The van der Waals surface area contributed by atoms with Crippen LogP contribution in [0.25, 0.3) is 0 Å². The van der Waals surface area contributed by atoms with Gasteiger partial charge in [0.15, 0.2) is 0 Å². The van der Waals surface area contributed by atoms with E-state index in [9.17, 15) is 0 Å². The van der Waals surface area contributed by atoms with Crippen LogP contribution in [0, 0.1) is 20.8 Å². The van der Waals surface area contributed by atoms with E-state index in [0.29, 0.717) is 0 Å². The molecule has 0 aliphatic heterocycles. The lowest BCUT2D eigenvalue weighted by Gasteiger charge is -2.10. The maximum Gasteiger partial charge on any atom is 0.0606 e.